The van der Waals surface area contributed by atoms with Gasteiger partial charge in [-0.15, -0.1) is 0 Å². The number of esters is 1. The van der Waals surface area contributed by atoms with Crippen molar-refractivity contribution in [3.05, 3.63) is 47.7 Å². The number of rotatable bonds is 9. The van der Waals surface area contributed by atoms with E-state index in [1.807, 2.05) is 0 Å². The van der Waals surface area contributed by atoms with Crippen LogP contribution < -0.4 is 4.74 Å². The lowest BCUT2D eigenvalue weighted by Gasteiger charge is -2.21. The van der Waals surface area contributed by atoms with Crippen molar-refractivity contribution in [3.8, 4) is 5.75 Å². The average Bonchev–Trinajstić information content (AvgIpc) is 3.14. The maximum atomic E-state index is 12.9. The lowest BCUT2D eigenvalue weighted by Crippen LogP contribution is -2.32. The first-order chi connectivity index (χ1) is 12.6. The summed E-state index contributed by atoms with van der Waals surface area (Å²) in [5.41, 5.74) is 0.551. The van der Waals surface area contributed by atoms with E-state index >= 15 is 0 Å². The van der Waals surface area contributed by atoms with Gasteiger partial charge in [-0.05, 0) is 24.6 Å². The maximum Gasteiger partial charge on any atom is 0.360 e. The van der Waals surface area contributed by atoms with Crippen LogP contribution in [-0.4, -0.2) is 56.2 Å². The van der Waals surface area contributed by atoms with E-state index < -0.39 is 5.97 Å². The van der Waals surface area contributed by atoms with Crippen molar-refractivity contribution in [2.24, 2.45) is 0 Å². The van der Waals surface area contributed by atoms with Crippen LogP contribution in [0.4, 0.5) is 0 Å². The van der Waals surface area contributed by atoms with Crippen molar-refractivity contribution >= 4 is 11.9 Å². The molecule has 0 aliphatic carbocycles. The number of methoxy groups -OCH3 is 3. The Labute approximate surface area is 151 Å². The van der Waals surface area contributed by atoms with Crippen LogP contribution in [0.25, 0.3) is 0 Å². The Morgan fingerprint density at radius 3 is 2.73 bits per heavy atom. The fraction of sp³-hybridized carbons (Fsp3) is 0.389. The molecule has 0 radical (unpaired) electrons. The van der Waals surface area contributed by atoms with E-state index in [0.29, 0.717) is 30.9 Å². The van der Waals surface area contributed by atoms with Crippen molar-refractivity contribution in [2.75, 3.05) is 34.5 Å². The van der Waals surface area contributed by atoms with E-state index in [1.54, 1.807) is 43.4 Å². The average molecular weight is 362 g/mol. The molecule has 0 bridgehead atoms. The standard InChI is InChI=1S/C18H22N2O6/c1-23-9-5-8-20(11-16-19-15(12-26-16)18(22)25-3)17(21)13-6-4-7-14(10-13)24-2/h4,6-7,10,12H,5,8-9,11H2,1-3H3. The van der Waals surface area contributed by atoms with E-state index in [9.17, 15) is 9.59 Å². The van der Waals surface area contributed by atoms with Gasteiger partial charge < -0.3 is 23.5 Å². The number of benzene rings is 1. The number of carbonyl (C=O) groups is 2. The van der Waals surface area contributed by atoms with Crippen molar-refractivity contribution in [2.45, 2.75) is 13.0 Å². The lowest BCUT2D eigenvalue weighted by atomic mass is 10.2. The van der Waals surface area contributed by atoms with E-state index in [4.69, 9.17) is 13.9 Å². The van der Waals surface area contributed by atoms with Crippen LogP contribution in [0.1, 0.15) is 33.2 Å². The maximum absolute atomic E-state index is 12.9. The molecule has 0 N–H and O–H groups in total. The second kappa shape index (κ2) is 9.57. The summed E-state index contributed by atoms with van der Waals surface area (Å²) in [6.45, 7) is 1.08. The summed E-state index contributed by atoms with van der Waals surface area (Å²) in [4.78, 5) is 30.0. The summed E-state index contributed by atoms with van der Waals surface area (Å²) in [5, 5.41) is 0. The van der Waals surface area contributed by atoms with Gasteiger partial charge in [0.05, 0.1) is 20.8 Å². The van der Waals surface area contributed by atoms with Crippen LogP contribution in [0.2, 0.25) is 0 Å². The molecule has 2 aromatic rings. The van der Waals surface area contributed by atoms with Gasteiger partial charge in [0.15, 0.2) is 5.69 Å². The number of hydrogen-bond acceptors (Lipinski definition) is 7. The highest BCUT2D eigenvalue weighted by Crippen LogP contribution is 2.16. The number of oxazole rings is 1. The molecule has 1 aromatic heterocycles. The van der Waals surface area contributed by atoms with Gasteiger partial charge in [-0.25, -0.2) is 9.78 Å². The van der Waals surface area contributed by atoms with Crippen LogP contribution in [0.3, 0.4) is 0 Å². The van der Waals surface area contributed by atoms with Gasteiger partial charge in [-0.2, -0.15) is 0 Å². The van der Waals surface area contributed by atoms with Crippen LogP contribution in [0.15, 0.2) is 34.9 Å². The molecule has 0 aliphatic heterocycles. The summed E-state index contributed by atoms with van der Waals surface area (Å²) in [7, 11) is 4.41. The van der Waals surface area contributed by atoms with Gasteiger partial charge in [0.1, 0.15) is 12.0 Å². The van der Waals surface area contributed by atoms with Crippen molar-refractivity contribution in [1.29, 1.82) is 0 Å². The number of hydrogen-bond donors (Lipinski definition) is 0. The Morgan fingerprint density at radius 1 is 1.23 bits per heavy atom. The van der Waals surface area contributed by atoms with E-state index in [-0.39, 0.29) is 24.0 Å². The Balaban J connectivity index is 2.17. The molecule has 26 heavy (non-hydrogen) atoms. The molecule has 0 fully saturated rings. The fourth-order valence-corrected chi connectivity index (χ4v) is 2.34. The quantitative estimate of drug-likeness (QED) is 0.498. The molecular weight excluding hydrogens is 340 g/mol. The SMILES string of the molecule is COCCCN(Cc1nc(C(=O)OC)co1)C(=O)c1cccc(OC)c1. The predicted octanol–water partition coefficient (Wildman–Crippen LogP) is 2.15. The van der Waals surface area contributed by atoms with Gasteiger partial charge in [0.25, 0.3) is 5.91 Å². The molecule has 0 saturated carbocycles. The normalized spacial score (nSPS) is 10.4. The van der Waals surface area contributed by atoms with Gasteiger partial charge in [0, 0.05) is 25.8 Å². The first-order valence-corrected chi connectivity index (χ1v) is 8.04. The smallest absolute Gasteiger partial charge is 0.360 e. The van der Waals surface area contributed by atoms with Gasteiger partial charge in [-0.3, -0.25) is 4.79 Å². The fourth-order valence-electron chi connectivity index (χ4n) is 2.34. The third-order valence-corrected chi connectivity index (χ3v) is 3.65. The van der Waals surface area contributed by atoms with Crippen molar-refractivity contribution in [1.82, 2.24) is 9.88 Å². The molecule has 0 unspecified atom stereocenters. The van der Waals surface area contributed by atoms with Crippen LogP contribution in [-0.2, 0) is 16.0 Å². The zero-order chi connectivity index (χ0) is 18.9. The molecule has 0 aliphatic rings. The molecule has 1 aromatic carbocycles. The molecule has 2 rings (SSSR count). The predicted molar refractivity (Wildman–Crippen MR) is 92.1 cm³/mol. The Morgan fingerprint density at radius 2 is 2.04 bits per heavy atom. The zero-order valence-electron chi connectivity index (χ0n) is 15.1. The highest BCUT2D eigenvalue weighted by molar-refractivity contribution is 5.94. The van der Waals surface area contributed by atoms with Gasteiger partial charge in [-0.1, -0.05) is 6.07 Å². The lowest BCUT2D eigenvalue weighted by molar-refractivity contribution is 0.0594. The highest BCUT2D eigenvalue weighted by Gasteiger charge is 2.20. The first kappa shape index (κ1) is 19.5. The minimum Gasteiger partial charge on any atom is -0.497 e. The van der Waals surface area contributed by atoms with Crippen molar-refractivity contribution in [3.63, 3.8) is 0 Å². The van der Waals surface area contributed by atoms with Crippen LogP contribution >= 0.6 is 0 Å². The topological polar surface area (TPSA) is 91.1 Å². The third-order valence-electron chi connectivity index (χ3n) is 3.65. The van der Waals surface area contributed by atoms with Gasteiger partial charge >= 0.3 is 5.97 Å². The number of carbonyl (C=O) groups excluding carboxylic acids is 2. The van der Waals surface area contributed by atoms with E-state index in [1.165, 1.54) is 13.4 Å². The molecular formula is C18H22N2O6. The second-order valence-corrected chi connectivity index (χ2v) is 5.42. The summed E-state index contributed by atoms with van der Waals surface area (Å²) < 4.78 is 20.1. The minimum atomic E-state index is -0.593. The third kappa shape index (κ3) is 5.06. The molecule has 140 valence electrons. The summed E-state index contributed by atoms with van der Waals surface area (Å²) in [6, 6.07) is 6.90. The van der Waals surface area contributed by atoms with Crippen LogP contribution in [0, 0.1) is 0 Å². The Bertz CT molecular complexity index is 743. The minimum absolute atomic E-state index is 0.0631. The summed E-state index contributed by atoms with van der Waals surface area (Å²) >= 11 is 0. The monoisotopic (exact) mass is 362 g/mol. The molecule has 0 saturated heterocycles. The van der Waals surface area contributed by atoms with Crippen molar-refractivity contribution < 1.29 is 28.2 Å². The molecule has 1 amide bonds. The molecule has 8 nitrogen and oxygen atoms in total. The highest BCUT2D eigenvalue weighted by atomic mass is 16.5. The second-order valence-electron chi connectivity index (χ2n) is 5.42. The zero-order valence-corrected chi connectivity index (χ0v) is 15.1. The first-order valence-electron chi connectivity index (χ1n) is 8.04. The van der Waals surface area contributed by atoms with E-state index in [2.05, 4.69) is 9.72 Å². The molecule has 0 atom stereocenters. The number of ether oxygens (including phenoxy) is 3. The Kier molecular flexibility index (Phi) is 7.16. The van der Waals surface area contributed by atoms with E-state index in [0.717, 1.165) is 0 Å². The number of amides is 1. The van der Waals surface area contributed by atoms with Crippen LogP contribution in [0.5, 0.6) is 5.75 Å². The molecule has 1 heterocycles. The van der Waals surface area contributed by atoms with Gasteiger partial charge in [0.2, 0.25) is 5.89 Å². The Hall–Kier alpha value is -2.87. The summed E-state index contributed by atoms with van der Waals surface area (Å²) in [5.74, 6) is 0.0544. The molecule has 8 heteroatoms. The number of aromatic nitrogens is 1. The number of nitrogens with zero attached hydrogens (tertiary/aromatic N) is 2. The summed E-state index contributed by atoms with van der Waals surface area (Å²) in [6.07, 6.45) is 1.86. The molecule has 0 spiro atoms. The largest absolute Gasteiger partial charge is 0.497 e.